The van der Waals surface area contributed by atoms with E-state index >= 15 is 0 Å². The van der Waals surface area contributed by atoms with Crippen LogP contribution in [0.5, 0.6) is 0 Å². The Balaban J connectivity index is 1.90. The summed E-state index contributed by atoms with van der Waals surface area (Å²) >= 11 is 5.84. The van der Waals surface area contributed by atoms with Gasteiger partial charge in [0.15, 0.2) is 0 Å². The van der Waals surface area contributed by atoms with Crippen molar-refractivity contribution in [3.05, 3.63) is 34.9 Å². The summed E-state index contributed by atoms with van der Waals surface area (Å²) in [5, 5.41) is 3.41. The van der Waals surface area contributed by atoms with Crippen LogP contribution in [-0.2, 0) is 20.2 Å². The molecule has 1 amide bonds. The van der Waals surface area contributed by atoms with E-state index in [0.717, 1.165) is 24.7 Å². The molecule has 1 aromatic rings. The van der Waals surface area contributed by atoms with E-state index in [1.54, 1.807) is 12.1 Å². The number of hydrogen-bond donors (Lipinski definition) is 2. The molecule has 110 valence electrons. The number of halogens is 1. The summed E-state index contributed by atoms with van der Waals surface area (Å²) in [7, 11) is -3.21. The molecule has 20 heavy (non-hydrogen) atoms. The first-order chi connectivity index (χ1) is 9.33. The zero-order valence-electron chi connectivity index (χ0n) is 11.1. The number of carbonyl (C=O) groups is 1. The molecule has 0 aliphatic heterocycles. The maximum atomic E-state index is 12.2. The van der Waals surface area contributed by atoms with Gasteiger partial charge in [-0.15, -0.1) is 0 Å². The van der Waals surface area contributed by atoms with Crippen LogP contribution in [0.4, 0.5) is 0 Å². The number of nitrogens with one attached hydrogen (secondary N) is 2. The van der Waals surface area contributed by atoms with Crippen molar-refractivity contribution < 1.29 is 13.2 Å². The highest BCUT2D eigenvalue weighted by Gasteiger charge is 2.50. The number of sulfonamides is 1. The van der Waals surface area contributed by atoms with Crippen molar-refractivity contribution in [2.24, 2.45) is 0 Å². The minimum Gasteiger partial charge on any atom is -0.354 e. The first-order valence-electron chi connectivity index (χ1n) is 6.32. The van der Waals surface area contributed by atoms with Crippen molar-refractivity contribution in [1.29, 1.82) is 0 Å². The number of carbonyl (C=O) groups excluding carboxylic acids is 1. The second-order valence-electron chi connectivity index (χ2n) is 5.01. The van der Waals surface area contributed by atoms with Crippen molar-refractivity contribution in [2.75, 3.05) is 19.3 Å². The van der Waals surface area contributed by atoms with Gasteiger partial charge in [-0.25, -0.2) is 13.1 Å². The lowest BCUT2D eigenvalue weighted by atomic mass is 9.95. The Labute approximate surface area is 123 Å². The first-order valence-corrected chi connectivity index (χ1v) is 8.59. The molecular formula is C13H17ClN2O3S. The average Bonchev–Trinajstić information content (AvgIpc) is 3.15. The van der Waals surface area contributed by atoms with E-state index < -0.39 is 15.4 Å². The van der Waals surface area contributed by atoms with E-state index in [2.05, 4.69) is 10.0 Å². The van der Waals surface area contributed by atoms with Gasteiger partial charge >= 0.3 is 0 Å². The van der Waals surface area contributed by atoms with E-state index in [4.69, 9.17) is 11.6 Å². The smallest absolute Gasteiger partial charge is 0.230 e. The van der Waals surface area contributed by atoms with E-state index in [-0.39, 0.29) is 19.0 Å². The molecule has 1 saturated carbocycles. The van der Waals surface area contributed by atoms with Crippen molar-refractivity contribution >= 4 is 27.5 Å². The molecule has 1 aromatic carbocycles. The Morgan fingerprint density at radius 3 is 2.35 bits per heavy atom. The second kappa shape index (κ2) is 5.71. The Morgan fingerprint density at radius 1 is 1.25 bits per heavy atom. The maximum absolute atomic E-state index is 12.2. The summed E-state index contributed by atoms with van der Waals surface area (Å²) in [4.78, 5) is 12.2. The SMILES string of the molecule is CS(=O)(=O)NCCNC(=O)C1(c2ccc(Cl)cc2)CC1. The fourth-order valence-electron chi connectivity index (χ4n) is 2.12. The Kier molecular flexibility index (Phi) is 4.36. The standard InChI is InChI=1S/C13H17ClN2O3S/c1-20(18,19)16-9-8-15-12(17)13(6-7-13)10-2-4-11(14)5-3-10/h2-5,16H,6-9H2,1H3,(H,15,17). The molecule has 1 aliphatic carbocycles. The zero-order valence-corrected chi connectivity index (χ0v) is 12.7. The Morgan fingerprint density at radius 2 is 1.85 bits per heavy atom. The van der Waals surface area contributed by atoms with Crippen LogP contribution < -0.4 is 10.0 Å². The number of hydrogen-bond acceptors (Lipinski definition) is 3. The van der Waals surface area contributed by atoms with E-state index in [0.29, 0.717) is 5.02 Å². The van der Waals surface area contributed by atoms with Crippen LogP contribution in [-0.4, -0.2) is 33.7 Å². The van der Waals surface area contributed by atoms with Gasteiger partial charge in [-0.05, 0) is 30.5 Å². The van der Waals surface area contributed by atoms with E-state index in [9.17, 15) is 13.2 Å². The number of rotatable bonds is 6. The molecular weight excluding hydrogens is 300 g/mol. The fourth-order valence-corrected chi connectivity index (χ4v) is 2.72. The number of amides is 1. The second-order valence-corrected chi connectivity index (χ2v) is 7.28. The van der Waals surface area contributed by atoms with Crippen LogP contribution >= 0.6 is 11.6 Å². The highest BCUT2D eigenvalue weighted by molar-refractivity contribution is 7.88. The van der Waals surface area contributed by atoms with Gasteiger partial charge < -0.3 is 5.32 Å². The third-order valence-corrected chi connectivity index (χ3v) is 4.34. The van der Waals surface area contributed by atoms with Gasteiger partial charge in [0.2, 0.25) is 15.9 Å². The van der Waals surface area contributed by atoms with Crippen LogP contribution in [0.2, 0.25) is 5.02 Å². The van der Waals surface area contributed by atoms with Gasteiger partial charge in [0.25, 0.3) is 0 Å². The third-order valence-electron chi connectivity index (χ3n) is 3.36. The summed E-state index contributed by atoms with van der Waals surface area (Å²) in [6, 6.07) is 7.28. The zero-order chi connectivity index (χ0) is 14.8. The first kappa shape index (κ1) is 15.3. The Hall–Kier alpha value is -1.11. The van der Waals surface area contributed by atoms with Gasteiger partial charge in [0.1, 0.15) is 0 Å². The average molecular weight is 317 g/mol. The molecule has 0 heterocycles. The molecule has 0 unspecified atom stereocenters. The summed E-state index contributed by atoms with van der Waals surface area (Å²) < 4.78 is 24.1. The molecule has 2 N–H and O–H groups in total. The molecule has 0 spiro atoms. The Bertz CT molecular complexity index is 595. The van der Waals surface area contributed by atoms with Gasteiger partial charge in [-0.2, -0.15) is 0 Å². The van der Waals surface area contributed by atoms with Crippen molar-refractivity contribution in [2.45, 2.75) is 18.3 Å². The minimum absolute atomic E-state index is 0.0601. The molecule has 0 atom stereocenters. The number of benzene rings is 1. The lowest BCUT2D eigenvalue weighted by molar-refractivity contribution is -0.123. The summed E-state index contributed by atoms with van der Waals surface area (Å²) in [6.07, 6.45) is 2.70. The molecule has 1 aliphatic rings. The van der Waals surface area contributed by atoms with Crippen LogP contribution in [0.25, 0.3) is 0 Å². The van der Waals surface area contributed by atoms with E-state index in [1.807, 2.05) is 12.1 Å². The molecule has 7 heteroatoms. The highest BCUT2D eigenvalue weighted by Crippen LogP contribution is 2.48. The maximum Gasteiger partial charge on any atom is 0.230 e. The molecule has 0 aromatic heterocycles. The van der Waals surface area contributed by atoms with Crippen LogP contribution in [0.3, 0.4) is 0 Å². The molecule has 1 fully saturated rings. The van der Waals surface area contributed by atoms with Crippen LogP contribution in [0.1, 0.15) is 18.4 Å². The molecule has 0 bridgehead atoms. The van der Waals surface area contributed by atoms with E-state index in [1.165, 1.54) is 0 Å². The lowest BCUT2D eigenvalue weighted by Gasteiger charge is -2.16. The fraction of sp³-hybridized carbons (Fsp3) is 0.462. The van der Waals surface area contributed by atoms with Gasteiger partial charge in [-0.3, -0.25) is 4.79 Å². The summed E-state index contributed by atoms with van der Waals surface area (Å²) in [6.45, 7) is 0.475. The predicted octanol–water partition coefficient (Wildman–Crippen LogP) is 1.04. The van der Waals surface area contributed by atoms with Gasteiger partial charge in [0, 0.05) is 18.1 Å². The lowest BCUT2D eigenvalue weighted by Crippen LogP contribution is -2.39. The summed E-state index contributed by atoms with van der Waals surface area (Å²) in [5.41, 5.74) is 0.492. The monoisotopic (exact) mass is 316 g/mol. The molecule has 5 nitrogen and oxygen atoms in total. The van der Waals surface area contributed by atoms with Crippen molar-refractivity contribution in [3.8, 4) is 0 Å². The van der Waals surface area contributed by atoms with Gasteiger partial charge in [-0.1, -0.05) is 23.7 Å². The quantitative estimate of drug-likeness (QED) is 0.770. The molecule has 0 radical (unpaired) electrons. The van der Waals surface area contributed by atoms with Gasteiger partial charge in [0.05, 0.1) is 11.7 Å². The predicted molar refractivity (Wildman–Crippen MR) is 78.2 cm³/mol. The molecule has 0 saturated heterocycles. The third kappa shape index (κ3) is 3.71. The molecule has 2 rings (SSSR count). The highest BCUT2D eigenvalue weighted by atomic mass is 35.5. The normalized spacial score (nSPS) is 16.7. The van der Waals surface area contributed by atoms with Crippen LogP contribution in [0, 0.1) is 0 Å². The van der Waals surface area contributed by atoms with Crippen LogP contribution in [0.15, 0.2) is 24.3 Å². The van der Waals surface area contributed by atoms with Crippen molar-refractivity contribution in [3.63, 3.8) is 0 Å². The van der Waals surface area contributed by atoms with Crippen molar-refractivity contribution in [1.82, 2.24) is 10.0 Å². The summed E-state index contributed by atoms with van der Waals surface area (Å²) in [5.74, 6) is -0.0601. The largest absolute Gasteiger partial charge is 0.354 e. The topological polar surface area (TPSA) is 75.3 Å². The minimum atomic E-state index is -3.21.